The second-order valence-corrected chi connectivity index (χ2v) is 5.79. The van der Waals surface area contributed by atoms with Gasteiger partial charge in [0.2, 0.25) is 0 Å². The summed E-state index contributed by atoms with van der Waals surface area (Å²) in [7, 11) is 3.69. The van der Waals surface area contributed by atoms with Gasteiger partial charge in [0.1, 0.15) is 0 Å². The van der Waals surface area contributed by atoms with Crippen LogP contribution in [-0.4, -0.2) is 42.6 Å². The Labute approximate surface area is 178 Å². The monoisotopic (exact) mass is 487 g/mol. The van der Waals surface area contributed by atoms with Crippen LogP contribution < -0.4 is 10.6 Å². The van der Waals surface area contributed by atoms with Crippen LogP contribution in [0.2, 0.25) is 0 Å². The standard InChI is InChI=1S/C19H29N5O2.HI/c1-4-25-10-11-26-15-17-7-5-6-16(12-17)13-21-19(20-2)22-14-18-8-9-23-24(18)3;/h5-9,12H,4,10-11,13-15H2,1-3H3,(H2,20,21,22);1H. The van der Waals surface area contributed by atoms with Gasteiger partial charge in [-0.15, -0.1) is 24.0 Å². The van der Waals surface area contributed by atoms with Crippen molar-refractivity contribution in [1.29, 1.82) is 0 Å². The largest absolute Gasteiger partial charge is 0.379 e. The predicted octanol–water partition coefficient (Wildman–Crippen LogP) is 2.46. The highest BCUT2D eigenvalue weighted by Crippen LogP contribution is 2.06. The highest BCUT2D eigenvalue weighted by Gasteiger charge is 2.02. The van der Waals surface area contributed by atoms with Crippen molar-refractivity contribution in [3.8, 4) is 0 Å². The number of hydrogen-bond donors (Lipinski definition) is 2. The molecule has 0 saturated carbocycles. The maximum absolute atomic E-state index is 5.62. The topological polar surface area (TPSA) is 72.7 Å². The molecule has 1 aromatic heterocycles. The van der Waals surface area contributed by atoms with Gasteiger partial charge in [-0.05, 0) is 24.1 Å². The van der Waals surface area contributed by atoms with Crippen molar-refractivity contribution < 1.29 is 9.47 Å². The Morgan fingerprint density at radius 2 is 1.85 bits per heavy atom. The molecule has 0 amide bonds. The molecule has 0 saturated heterocycles. The maximum atomic E-state index is 5.62. The molecule has 0 atom stereocenters. The molecular formula is C19H30IN5O2. The molecular weight excluding hydrogens is 457 g/mol. The number of halogens is 1. The van der Waals surface area contributed by atoms with Crippen molar-refractivity contribution in [3.63, 3.8) is 0 Å². The third-order valence-corrected chi connectivity index (χ3v) is 3.88. The predicted molar refractivity (Wildman–Crippen MR) is 118 cm³/mol. The average molecular weight is 487 g/mol. The van der Waals surface area contributed by atoms with Crippen LogP contribution in [0.3, 0.4) is 0 Å². The third kappa shape index (κ3) is 8.72. The lowest BCUT2D eigenvalue weighted by molar-refractivity contribution is 0.0453. The van der Waals surface area contributed by atoms with E-state index in [1.807, 2.05) is 30.8 Å². The number of hydrogen-bond acceptors (Lipinski definition) is 4. The molecule has 1 heterocycles. The first-order chi connectivity index (χ1) is 12.7. The minimum Gasteiger partial charge on any atom is -0.379 e. The van der Waals surface area contributed by atoms with Gasteiger partial charge in [0.25, 0.3) is 0 Å². The SMILES string of the molecule is CCOCCOCc1cccc(CNC(=NC)NCc2ccnn2C)c1.I. The van der Waals surface area contributed by atoms with E-state index in [0.29, 0.717) is 32.9 Å². The summed E-state index contributed by atoms with van der Waals surface area (Å²) in [5.74, 6) is 0.754. The summed E-state index contributed by atoms with van der Waals surface area (Å²) in [5.41, 5.74) is 3.43. The van der Waals surface area contributed by atoms with Gasteiger partial charge < -0.3 is 20.1 Å². The van der Waals surface area contributed by atoms with E-state index in [0.717, 1.165) is 23.8 Å². The van der Waals surface area contributed by atoms with Crippen molar-refractivity contribution in [3.05, 3.63) is 53.3 Å². The fraction of sp³-hybridized carbons (Fsp3) is 0.474. The lowest BCUT2D eigenvalue weighted by Gasteiger charge is -2.13. The zero-order valence-electron chi connectivity index (χ0n) is 16.3. The number of aliphatic imine (C=N–C) groups is 1. The summed E-state index contributed by atoms with van der Waals surface area (Å²) in [6, 6.07) is 10.3. The molecule has 8 heteroatoms. The Balaban J connectivity index is 0.00000364. The molecule has 2 rings (SSSR count). The highest BCUT2D eigenvalue weighted by molar-refractivity contribution is 14.0. The van der Waals surface area contributed by atoms with Crippen molar-refractivity contribution in [2.24, 2.45) is 12.0 Å². The summed E-state index contributed by atoms with van der Waals surface area (Å²) in [5, 5.41) is 10.8. The molecule has 2 N–H and O–H groups in total. The normalized spacial score (nSPS) is 11.1. The zero-order chi connectivity index (χ0) is 18.6. The van der Waals surface area contributed by atoms with Crippen LogP contribution in [0, 0.1) is 0 Å². The first-order valence-corrected chi connectivity index (χ1v) is 8.87. The van der Waals surface area contributed by atoms with Gasteiger partial charge in [0, 0.05) is 33.4 Å². The maximum Gasteiger partial charge on any atom is 0.191 e. The number of nitrogens with one attached hydrogen (secondary N) is 2. The number of guanidine groups is 1. The minimum absolute atomic E-state index is 0. The summed E-state index contributed by atoms with van der Waals surface area (Å²) >= 11 is 0. The molecule has 0 bridgehead atoms. The van der Waals surface area contributed by atoms with Gasteiger partial charge in [0.05, 0.1) is 32.1 Å². The van der Waals surface area contributed by atoms with E-state index in [4.69, 9.17) is 9.47 Å². The van der Waals surface area contributed by atoms with Gasteiger partial charge in [-0.25, -0.2) is 0 Å². The van der Waals surface area contributed by atoms with Crippen LogP contribution in [0.5, 0.6) is 0 Å². The Morgan fingerprint density at radius 1 is 1.11 bits per heavy atom. The van der Waals surface area contributed by atoms with E-state index in [2.05, 4.69) is 38.9 Å². The van der Waals surface area contributed by atoms with Gasteiger partial charge in [0.15, 0.2) is 5.96 Å². The van der Waals surface area contributed by atoms with E-state index in [1.54, 1.807) is 13.2 Å². The van der Waals surface area contributed by atoms with Crippen molar-refractivity contribution >= 4 is 29.9 Å². The van der Waals surface area contributed by atoms with Crippen LogP contribution in [0.4, 0.5) is 0 Å². The van der Waals surface area contributed by atoms with Crippen molar-refractivity contribution in [2.45, 2.75) is 26.6 Å². The van der Waals surface area contributed by atoms with Crippen LogP contribution in [0.25, 0.3) is 0 Å². The molecule has 27 heavy (non-hydrogen) atoms. The second-order valence-electron chi connectivity index (χ2n) is 5.79. The zero-order valence-corrected chi connectivity index (χ0v) is 18.6. The van der Waals surface area contributed by atoms with E-state index in [1.165, 1.54) is 5.56 Å². The molecule has 1 aromatic carbocycles. The van der Waals surface area contributed by atoms with Crippen LogP contribution in [0.1, 0.15) is 23.7 Å². The number of aryl methyl sites for hydroxylation is 1. The molecule has 2 aromatic rings. The third-order valence-electron chi connectivity index (χ3n) is 3.88. The first-order valence-electron chi connectivity index (χ1n) is 8.87. The lowest BCUT2D eigenvalue weighted by atomic mass is 10.1. The molecule has 0 aliphatic heterocycles. The Morgan fingerprint density at radius 3 is 2.56 bits per heavy atom. The van der Waals surface area contributed by atoms with Crippen LogP contribution >= 0.6 is 24.0 Å². The van der Waals surface area contributed by atoms with Crippen molar-refractivity contribution in [2.75, 3.05) is 26.9 Å². The summed E-state index contributed by atoms with van der Waals surface area (Å²) in [4.78, 5) is 4.26. The minimum atomic E-state index is 0. The average Bonchev–Trinajstić information content (AvgIpc) is 3.07. The highest BCUT2D eigenvalue weighted by atomic mass is 127. The van der Waals surface area contributed by atoms with Crippen LogP contribution in [0.15, 0.2) is 41.5 Å². The van der Waals surface area contributed by atoms with E-state index < -0.39 is 0 Å². The molecule has 0 aliphatic rings. The molecule has 0 fully saturated rings. The number of ether oxygens (including phenoxy) is 2. The van der Waals surface area contributed by atoms with E-state index >= 15 is 0 Å². The van der Waals surface area contributed by atoms with Gasteiger partial charge in [-0.2, -0.15) is 5.10 Å². The summed E-state index contributed by atoms with van der Waals surface area (Å²) < 4.78 is 12.7. The number of rotatable bonds is 10. The summed E-state index contributed by atoms with van der Waals surface area (Å²) in [6.07, 6.45) is 1.79. The van der Waals surface area contributed by atoms with E-state index in [-0.39, 0.29) is 24.0 Å². The number of benzene rings is 1. The smallest absolute Gasteiger partial charge is 0.191 e. The molecule has 0 spiro atoms. The molecule has 0 aliphatic carbocycles. The Kier molecular flexibility index (Phi) is 11.7. The molecule has 150 valence electrons. The van der Waals surface area contributed by atoms with Gasteiger partial charge >= 0.3 is 0 Å². The first kappa shape index (κ1) is 23.4. The molecule has 0 unspecified atom stereocenters. The van der Waals surface area contributed by atoms with Crippen molar-refractivity contribution in [1.82, 2.24) is 20.4 Å². The molecule has 0 radical (unpaired) electrons. The molecule has 7 nitrogen and oxygen atoms in total. The Hall–Kier alpha value is -1.65. The fourth-order valence-corrected chi connectivity index (χ4v) is 2.44. The summed E-state index contributed by atoms with van der Waals surface area (Å²) in [6.45, 7) is 5.91. The second kappa shape index (κ2) is 13.5. The number of aromatic nitrogens is 2. The van der Waals surface area contributed by atoms with Crippen LogP contribution in [-0.2, 0) is 36.2 Å². The number of nitrogens with zero attached hydrogens (tertiary/aromatic N) is 3. The fourth-order valence-electron chi connectivity index (χ4n) is 2.44. The lowest BCUT2D eigenvalue weighted by Crippen LogP contribution is -2.36. The quantitative estimate of drug-likeness (QED) is 0.233. The van der Waals surface area contributed by atoms with E-state index in [9.17, 15) is 0 Å². The van der Waals surface area contributed by atoms with Gasteiger partial charge in [-0.3, -0.25) is 9.67 Å². The Bertz CT molecular complexity index is 690. The van der Waals surface area contributed by atoms with Gasteiger partial charge in [-0.1, -0.05) is 24.3 Å².